The molecule has 1 saturated heterocycles. The first-order valence-corrected chi connectivity index (χ1v) is 4.67. The Hall–Kier alpha value is -0.570. The average Bonchev–Trinajstić information content (AvgIpc) is 1.79. The molecule has 3 heteroatoms. The van der Waals surface area contributed by atoms with Crippen molar-refractivity contribution in [1.82, 2.24) is 4.90 Å². The summed E-state index contributed by atoms with van der Waals surface area (Å²) in [6.45, 7) is 0.759. The zero-order valence-corrected chi connectivity index (χ0v) is 7.45. The summed E-state index contributed by atoms with van der Waals surface area (Å²) in [4.78, 5) is 13.4. The predicted octanol–water partition coefficient (Wildman–Crippen LogP) is 0.786. The van der Waals surface area contributed by atoms with Crippen LogP contribution in [0.5, 0.6) is 0 Å². The van der Waals surface area contributed by atoms with Crippen LogP contribution in [-0.2, 0) is 9.53 Å². The number of carbonyl (C=O) groups is 1. The summed E-state index contributed by atoms with van der Waals surface area (Å²) in [7, 11) is 1.90. The van der Waals surface area contributed by atoms with Gasteiger partial charge in [-0.2, -0.15) is 0 Å². The van der Waals surface area contributed by atoms with Crippen molar-refractivity contribution >= 4 is 5.91 Å². The molecule has 68 valence electrons. The van der Waals surface area contributed by atoms with Gasteiger partial charge >= 0.3 is 0 Å². The third-order valence-corrected chi connectivity index (χ3v) is 2.94. The van der Waals surface area contributed by atoms with E-state index in [9.17, 15) is 4.79 Å². The van der Waals surface area contributed by atoms with E-state index in [1.807, 2.05) is 11.9 Å². The molecule has 2 aliphatic rings. The molecule has 0 radical (unpaired) electrons. The molecule has 12 heavy (non-hydrogen) atoms. The van der Waals surface area contributed by atoms with E-state index in [-0.39, 0.29) is 12.0 Å². The first-order valence-electron chi connectivity index (χ1n) is 4.67. The normalized spacial score (nSPS) is 28.9. The SMILES string of the molecule is CN(C(=O)C1CCO1)C1CCC1. The lowest BCUT2D eigenvalue weighted by atomic mass is 9.91. The highest BCUT2D eigenvalue weighted by Crippen LogP contribution is 2.25. The molecule has 0 aromatic heterocycles. The Balaban J connectivity index is 1.84. The minimum absolute atomic E-state index is 0.115. The molecule has 1 aliphatic heterocycles. The van der Waals surface area contributed by atoms with Crippen LogP contribution in [0.3, 0.4) is 0 Å². The summed E-state index contributed by atoms with van der Waals surface area (Å²) >= 11 is 0. The van der Waals surface area contributed by atoms with Gasteiger partial charge < -0.3 is 9.64 Å². The molecule has 1 atom stereocenters. The standard InChI is InChI=1S/C9H15NO2/c1-10(7-3-2-4-7)9(11)8-5-6-12-8/h7-8H,2-6H2,1H3. The predicted molar refractivity (Wildman–Crippen MR) is 44.8 cm³/mol. The molecule has 0 bridgehead atoms. The summed E-state index contributed by atoms with van der Waals surface area (Å²) in [5, 5.41) is 0. The zero-order valence-electron chi connectivity index (χ0n) is 7.45. The molecule has 1 heterocycles. The van der Waals surface area contributed by atoms with Crippen LogP contribution in [-0.4, -0.2) is 36.6 Å². The smallest absolute Gasteiger partial charge is 0.251 e. The van der Waals surface area contributed by atoms with Crippen molar-refractivity contribution in [3.8, 4) is 0 Å². The molecule has 1 aliphatic carbocycles. The molecule has 0 aromatic rings. The van der Waals surface area contributed by atoms with Crippen molar-refractivity contribution in [1.29, 1.82) is 0 Å². The van der Waals surface area contributed by atoms with E-state index in [0.717, 1.165) is 13.0 Å². The van der Waals surface area contributed by atoms with Crippen LogP contribution in [0, 0.1) is 0 Å². The van der Waals surface area contributed by atoms with Crippen LogP contribution >= 0.6 is 0 Å². The van der Waals surface area contributed by atoms with E-state index < -0.39 is 0 Å². The Kier molecular flexibility index (Phi) is 2.05. The molecular formula is C9H15NO2. The van der Waals surface area contributed by atoms with Gasteiger partial charge in [0, 0.05) is 19.5 Å². The Labute approximate surface area is 72.7 Å². The molecule has 0 spiro atoms. The quantitative estimate of drug-likeness (QED) is 0.611. The number of nitrogens with zero attached hydrogens (tertiary/aromatic N) is 1. The van der Waals surface area contributed by atoms with Crippen LogP contribution in [0.25, 0.3) is 0 Å². The molecule has 1 saturated carbocycles. The lowest BCUT2D eigenvalue weighted by molar-refractivity contribution is -0.158. The number of rotatable bonds is 2. The van der Waals surface area contributed by atoms with Crippen LogP contribution in [0.15, 0.2) is 0 Å². The van der Waals surface area contributed by atoms with Crippen LogP contribution in [0.2, 0.25) is 0 Å². The van der Waals surface area contributed by atoms with Gasteiger partial charge in [-0.3, -0.25) is 4.79 Å². The molecule has 3 nitrogen and oxygen atoms in total. The first kappa shape index (κ1) is 8.05. The summed E-state index contributed by atoms with van der Waals surface area (Å²) in [6, 6.07) is 0.502. The minimum Gasteiger partial charge on any atom is -0.368 e. The van der Waals surface area contributed by atoms with E-state index in [1.165, 1.54) is 19.3 Å². The molecule has 2 fully saturated rings. The lowest BCUT2D eigenvalue weighted by Gasteiger charge is -2.38. The van der Waals surface area contributed by atoms with Gasteiger partial charge in [0.25, 0.3) is 5.91 Å². The van der Waals surface area contributed by atoms with Gasteiger partial charge in [0.2, 0.25) is 0 Å². The fourth-order valence-electron chi connectivity index (χ4n) is 1.61. The topological polar surface area (TPSA) is 29.5 Å². The Morgan fingerprint density at radius 2 is 2.08 bits per heavy atom. The van der Waals surface area contributed by atoms with E-state index in [4.69, 9.17) is 4.74 Å². The van der Waals surface area contributed by atoms with Gasteiger partial charge in [0.05, 0.1) is 6.61 Å². The lowest BCUT2D eigenvalue weighted by Crippen LogP contribution is -2.49. The van der Waals surface area contributed by atoms with Crippen LogP contribution in [0.4, 0.5) is 0 Å². The van der Waals surface area contributed by atoms with E-state index >= 15 is 0 Å². The highest BCUT2D eigenvalue weighted by molar-refractivity contribution is 5.81. The van der Waals surface area contributed by atoms with Crippen LogP contribution in [0.1, 0.15) is 25.7 Å². The minimum atomic E-state index is -0.115. The van der Waals surface area contributed by atoms with Crippen molar-refractivity contribution < 1.29 is 9.53 Å². The number of likely N-dealkylation sites (N-methyl/N-ethyl adjacent to an activating group) is 1. The number of hydrogen-bond acceptors (Lipinski definition) is 2. The van der Waals surface area contributed by atoms with Crippen LogP contribution < -0.4 is 0 Å². The highest BCUT2D eigenvalue weighted by Gasteiger charge is 2.33. The maximum absolute atomic E-state index is 11.6. The number of amides is 1. The summed E-state index contributed by atoms with van der Waals surface area (Å²) in [6.07, 6.45) is 4.42. The maximum atomic E-state index is 11.6. The fourth-order valence-corrected chi connectivity index (χ4v) is 1.61. The number of ether oxygens (including phenoxy) is 1. The fraction of sp³-hybridized carbons (Fsp3) is 0.889. The second-order valence-corrected chi connectivity index (χ2v) is 3.68. The van der Waals surface area contributed by atoms with E-state index in [2.05, 4.69) is 0 Å². The Morgan fingerprint density at radius 3 is 2.42 bits per heavy atom. The van der Waals surface area contributed by atoms with Crippen molar-refractivity contribution in [3.63, 3.8) is 0 Å². The average molecular weight is 169 g/mol. The van der Waals surface area contributed by atoms with Crippen molar-refractivity contribution in [3.05, 3.63) is 0 Å². The summed E-state index contributed by atoms with van der Waals surface area (Å²) in [5.74, 6) is 0.186. The maximum Gasteiger partial charge on any atom is 0.251 e. The van der Waals surface area contributed by atoms with Gasteiger partial charge in [0.1, 0.15) is 6.10 Å². The van der Waals surface area contributed by atoms with Crippen molar-refractivity contribution in [2.45, 2.75) is 37.8 Å². The van der Waals surface area contributed by atoms with Crippen molar-refractivity contribution in [2.24, 2.45) is 0 Å². The molecule has 0 aromatic carbocycles. The number of hydrogen-bond donors (Lipinski definition) is 0. The summed E-state index contributed by atoms with van der Waals surface area (Å²) in [5.41, 5.74) is 0. The molecule has 2 rings (SSSR count). The monoisotopic (exact) mass is 169 g/mol. The molecule has 1 unspecified atom stereocenters. The third-order valence-electron chi connectivity index (χ3n) is 2.94. The molecule has 0 N–H and O–H groups in total. The summed E-state index contributed by atoms with van der Waals surface area (Å²) < 4.78 is 5.14. The van der Waals surface area contributed by atoms with E-state index in [0.29, 0.717) is 6.04 Å². The largest absolute Gasteiger partial charge is 0.368 e. The number of carbonyl (C=O) groups excluding carboxylic acids is 1. The Morgan fingerprint density at radius 1 is 1.42 bits per heavy atom. The van der Waals surface area contributed by atoms with Gasteiger partial charge in [0.15, 0.2) is 0 Å². The first-order chi connectivity index (χ1) is 5.79. The third kappa shape index (κ3) is 1.22. The van der Waals surface area contributed by atoms with Gasteiger partial charge in [-0.1, -0.05) is 0 Å². The van der Waals surface area contributed by atoms with Crippen molar-refractivity contribution in [2.75, 3.05) is 13.7 Å². The highest BCUT2D eigenvalue weighted by atomic mass is 16.5. The van der Waals surface area contributed by atoms with Gasteiger partial charge in [-0.15, -0.1) is 0 Å². The zero-order chi connectivity index (χ0) is 8.55. The molecule has 1 amide bonds. The second-order valence-electron chi connectivity index (χ2n) is 3.68. The van der Waals surface area contributed by atoms with Gasteiger partial charge in [-0.05, 0) is 19.3 Å². The van der Waals surface area contributed by atoms with E-state index in [1.54, 1.807) is 0 Å². The molecular weight excluding hydrogens is 154 g/mol. The second kappa shape index (κ2) is 3.05. The Bertz CT molecular complexity index is 185. The van der Waals surface area contributed by atoms with Gasteiger partial charge in [-0.25, -0.2) is 0 Å².